The Labute approximate surface area is 142 Å². The van der Waals surface area contributed by atoms with Crippen molar-refractivity contribution < 1.29 is 0 Å². The Hall–Kier alpha value is -1.36. The maximum absolute atomic E-state index is 6.28. The molecule has 0 aromatic heterocycles. The van der Waals surface area contributed by atoms with Crippen molar-refractivity contribution in [1.29, 1.82) is 0 Å². The molecule has 1 heterocycles. The summed E-state index contributed by atoms with van der Waals surface area (Å²) in [5, 5.41) is 7.75. The van der Waals surface area contributed by atoms with Crippen LogP contribution in [0.3, 0.4) is 0 Å². The van der Waals surface area contributed by atoms with Gasteiger partial charge in [0.05, 0.1) is 6.04 Å². The first-order valence-corrected chi connectivity index (χ1v) is 8.01. The lowest BCUT2D eigenvalue weighted by Crippen LogP contribution is -2.40. The van der Waals surface area contributed by atoms with Gasteiger partial charge < -0.3 is 10.6 Å². The third-order valence-electron chi connectivity index (χ3n) is 3.26. The molecule has 2 N–H and O–H groups in total. The van der Waals surface area contributed by atoms with Gasteiger partial charge in [0.15, 0.2) is 5.11 Å². The van der Waals surface area contributed by atoms with Crippen LogP contribution in [-0.4, -0.2) is 5.11 Å². The molecule has 2 aromatic rings. The van der Waals surface area contributed by atoms with Crippen LogP contribution in [0.5, 0.6) is 0 Å². The lowest BCUT2D eigenvalue weighted by atomic mass is 10.0. The second-order valence-corrected chi connectivity index (χ2v) is 6.42. The van der Waals surface area contributed by atoms with Crippen LogP contribution in [0.15, 0.2) is 59.1 Å². The molecule has 0 saturated heterocycles. The van der Waals surface area contributed by atoms with Gasteiger partial charge in [-0.05, 0) is 47.6 Å². The van der Waals surface area contributed by atoms with Crippen LogP contribution in [0.2, 0.25) is 5.02 Å². The van der Waals surface area contributed by atoms with Crippen LogP contribution in [0.1, 0.15) is 17.2 Å². The van der Waals surface area contributed by atoms with Crippen LogP contribution in [-0.2, 0) is 0 Å². The summed E-state index contributed by atoms with van der Waals surface area (Å²) in [6, 6.07) is 15.8. The fourth-order valence-electron chi connectivity index (χ4n) is 2.24. The van der Waals surface area contributed by atoms with E-state index in [4.69, 9.17) is 23.8 Å². The fraction of sp³-hybridized carbons (Fsp3) is 0.0625. The van der Waals surface area contributed by atoms with Crippen molar-refractivity contribution in [2.75, 3.05) is 0 Å². The normalized spacial score (nSPS) is 17.7. The molecule has 0 radical (unpaired) electrons. The molecule has 0 spiro atoms. The van der Waals surface area contributed by atoms with Crippen molar-refractivity contribution in [3.8, 4) is 0 Å². The monoisotopic (exact) mass is 378 g/mol. The number of thiocarbonyl (C=S) groups is 1. The summed E-state index contributed by atoms with van der Waals surface area (Å²) >= 11 is 15.0. The molecule has 2 aromatic carbocycles. The number of halogens is 2. The van der Waals surface area contributed by atoms with E-state index in [1.54, 1.807) is 0 Å². The molecule has 0 fully saturated rings. The van der Waals surface area contributed by atoms with E-state index in [1.165, 1.54) is 0 Å². The van der Waals surface area contributed by atoms with Gasteiger partial charge in [-0.2, -0.15) is 0 Å². The molecule has 106 valence electrons. The fourth-order valence-corrected chi connectivity index (χ4v) is 3.00. The molecule has 0 saturated carbocycles. The molecule has 1 unspecified atom stereocenters. The van der Waals surface area contributed by atoms with Crippen molar-refractivity contribution in [2.45, 2.75) is 6.04 Å². The third kappa shape index (κ3) is 3.28. The lowest BCUT2D eigenvalue weighted by molar-refractivity contribution is 0.766. The minimum Gasteiger partial charge on any atom is -0.352 e. The van der Waals surface area contributed by atoms with Crippen molar-refractivity contribution >= 4 is 50.6 Å². The van der Waals surface area contributed by atoms with Gasteiger partial charge in [-0.1, -0.05) is 57.9 Å². The summed E-state index contributed by atoms with van der Waals surface area (Å²) in [4.78, 5) is 0. The second-order valence-electron chi connectivity index (χ2n) is 4.68. The first-order valence-electron chi connectivity index (χ1n) is 6.43. The van der Waals surface area contributed by atoms with Gasteiger partial charge in [0, 0.05) is 15.2 Å². The minimum absolute atomic E-state index is 0.0360. The van der Waals surface area contributed by atoms with Crippen LogP contribution >= 0.6 is 39.7 Å². The molecule has 2 nitrogen and oxygen atoms in total. The average molecular weight is 380 g/mol. The zero-order valence-electron chi connectivity index (χ0n) is 10.9. The molecule has 0 amide bonds. The molecular formula is C16H12BrClN2S. The Balaban J connectivity index is 1.99. The first-order chi connectivity index (χ1) is 10.1. The summed E-state index contributed by atoms with van der Waals surface area (Å²) in [5.74, 6) is 0. The van der Waals surface area contributed by atoms with Crippen molar-refractivity contribution in [2.24, 2.45) is 0 Å². The summed E-state index contributed by atoms with van der Waals surface area (Å²) in [5.41, 5.74) is 3.08. The predicted molar refractivity (Wildman–Crippen MR) is 95.2 cm³/mol. The smallest absolute Gasteiger partial charge is 0.171 e. The molecule has 0 aliphatic carbocycles. The highest BCUT2D eigenvalue weighted by Gasteiger charge is 2.20. The maximum atomic E-state index is 6.28. The van der Waals surface area contributed by atoms with E-state index < -0.39 is 0 Å². The van der Waals surface area contributed by atoms with E-state index in [0.29, 0.717) is 5.11 Å². The highest BCUT2D eigenvalue weighted by Crippen LogP contribution is 2.28. The van der Waals surface area contributed by atoms with Crippen LogP contribution in [0.4, 0.5) is 0 Å². The van der Waals surface area contributed by atoms with Gasteiger partial charge >= 0.3 is 0 Å². The summed E-state index contributed by atoms with van der Waals surface area (Å²) < 4.78 is 1.05. The minimum atomic E-state index is -0.0360. The Kier molecular flexibility index (Phi) is 4.29. The zero-order chi connectivity index (χ0) is 14.8. The molecule has 21 heavy (non-hydrogen) atoms. The molecule has 1 aliphatic heterocycles. The third-order valence-corrected chi connectivity index (χ3v) is 4.36. The number of nitrogens with one attached hydrogen (secondary N) is 2. The first kappa shape index (κ1) is 14.6. The largest absolute Gasteiger partial charge is 0.352 e. The van der Waals surface area contributed by atoms with Crippen LogP contribution < -0.4 is 10.6 Å². The van der Waals surface area contributed by atoms with E-state index >= 15 is 0 Å². The molecule has 5 heteroatoms. The van der Waals surface area contributed by atoms with Gasteiger partial charge in [0.25, 0.3) is 0 Å². The Bertz CT molecular complexity index is 712. The Morgan fingerprint density at radius 1 is 1.05 bits per heavy atom. The molecular weight excluding hydrogens is 368 g/mol. The average Bonchev–Trinajstić information content (AvgIpc) is 2.48. The van der Waals surface area contributed by atoms with Crippen LogP contribution in [0, 0.1) is 0 Å². The standard InChI is InChI=1S/C16H12BrClN2S/c17-11-7-5-10(6-8-11)14-9-15(20-16(21)19-14)12-3-1-2-4-13(12)18/h1-9,15H,(H2,19,20,21). The van der Waals surface area contributed by atoms with Crippen molar-refractivity contribution in [3.05, 3.63) is 75.2 Å². The van der Waals surface area contributed by atoms with E-state index in [-0.39, 0.29) is 6.04 Å². The van der Waals surface area contributed by atoms with Crippen LogP contribution in [0.25, 0.3) is 5.70 Å². The number of hydrogen-bond donors (Lipinski definition) is 2. The van der Waals surface area contributed by atoms with Gasteiger partial charge in [-0.15, -0.1) is 0 Å². The molecule has 1 atom stereocenters. The number of rotatable bonds is 2. The highest BCUT2D eigenvalue weighted by atomic mass is 79.9. The predicted octanol–water partition coefficient (Wildman–Crippen LogP) is 4.66. The topological polar surface area (TPSA) is 24.1 Å². The van der Waals surface area contributed by atoms with E-state index in [0.717, 1.165) is 26.3 Å². The van der Waals surface area contributed by atoms with Gasteiger partial charge in [0.1, 0.15) is 0 Å². The number of hydrogen-bond acceptors (Lipinski definition) is 1. The summed E-state index contributed by atoms with van der Waals surface area (Å²) in [7, 11) is 0. The second kappa shape index (κ2) is 6.18. The molecule has 1 aliphatic rings. The lowest BCUT2D eigenvalue weighted by Gasteiger charge is -2.26. The van der Waals surface area contributed by atoms with Gasteiger partial charge in [-0.25, -0.2) is 0 Å². The van der Waals surface area contributed by atoms with Crippen molar-refractivity contribution in [1.82, 2.24) is 10.6 Å². The highest BCUT2D eigenvalue weighted by molar-refractivity contribution is 9.10. The Morgan fingerprint density at radius 3 is 2.48 bits per heavy atom. The van der Waals surface area contributed by atoms with Gasteiger partial charge in [-0.3, -0.25) is 0 Å². The van der Waals surface area contributed by atoms with E-state index in [9.17, 15) is 0 Å². The zero-order valence-corrected chi connectivity index (χ0v) is 14.1. The quantitative estimate of drug-likeness (QED) is 0.742. The van der Waals surface area contributed by atoms with Gasteiger partial charge in [0.2, 0.25) is 0 Å². The summed E-state index contributed by atoms with van der Waals surface area (Å²) in [6.45, 7) is 0. The molecule has 3 rings (SSSR count). The SMILES string of the molecule is S=C1NC(c2ccc(Br)cc2)=CC(c2ccccc2Cl)N1. The van der Waals surface area contributed by atoms with Crippen molar-refractivity contribution in [3.63, 3.8) is 0 Å². The summed E-state index contributed by atoms with van der Waals surface area (Å²) in [6.07, 6.45) is 2.10. The molecule has 0 bridgehead atoms. The van der Waals surface area contributed by atoms with E-state index in [2.05, 4.69) is 32.6 Å². The maximum Gasteiger partial charge on any atom is 0.171 e. The number of benzene rings is 2. The van der Waals surface area contributed by atoms with E-state index in [1.807, 2.05) is 48.5 Å². The Morgan fingerprint density at radius 2 is 1.76 bits per heavy atom.